The number of ketones is 3. The van der Waals surface area contributed by atoms with Crippen LogP contribution < -0.4 is 10.6 Å². The maximum Gasteiger partial charge on any atom is 0.220 e. The third kappa shape index (κ3) is 11.3. The van der Waals surface area contributed by atoms with E-state index in [1.165, 1.54) is 0 Å². The van der Waals surface area contributed by atoms with E-state index in [1.807, 2.05) is 83.1 Å². The number of hydrogen-bond acceptors (Lipinski definition) is 5. The van der Waals surface area contributed by atoms with Gasteiger partial charge in [-0.15, -0.1) is 0 Å². The second kappa shape index (κ2) is 11.0. The van der Waals surface area contributed by atoms with E-state index < -0.39 is 28.3 Å². The fourth-order valence-corrected chi connectivity index (χ4v) is 3.30. The van der Waals surface area contributed by atoms with E-state index in [9.17, 15) is 19.2 Å². The molecule has 0 aliphatic rings. The summed E-state index contributed by atoms with van der Waals surface area (Å²) in [4.78, 5) is 51.0. The van der Waals surface area contributed by atoms with Gasteiger partial charge in [0.05, 0.1) is 12.1 Å². The van der Waals surface area contributed by atoms with E-state index in [2.05, 4.69) is 10.6 Å². The average molecular weight is 453 g/mol. The molecule has 186 valence electrons. The minimum Gasteiger partial charge on any atom is -0.346 e. The molecule has 0 saturated heterocycles. The third-order valence-corrected chi connectivity index (χ3v) is 5.21. The molecule has 0 fully saturated rings. The van der Waals surface area contributed by atoms with Crippen LogP contribution in [-0.2, 0) is 19.2 Å². The first-order valence-corrected chi connectivity index (χ1v) is 11.7. The van der Waals surface area contributed by atoms with Crippen LogP contribution in [0.3, 0.4) is 0 Å². The fourth-order valence-electron chi connectivity index (χ4n) is 3.30. The fraction of sp³-hybridized carbons (Fsp3) is 0.846. The summed E-state index contributed by atoms with van der Waals surface area (Å²) in [5.41, 5.74) is -1.93. The Balaban J connectivity index is 5.35. The number of amides is 1. The Morgan fingerprint density at radius 1 is 0.594 bits per heavy atom. The molecule has 0 bridgehead atoms. The molecule has 0 aliphatic carbocycles. The summed E-state index contributed by atoms with van der Waals surface area (Å²) in [6.07, 6.45) is 0.975. The summed E-state index contributed by atoms with van der Waals surface area (Å²) in [5.74, 6) is -0.261. The van der Waals surface area contributed by atoms with Crippen LogP contribution in [0.2, 0.25) is 0 Å². The lowest BCUT2D eigenvalue weighted by molar-refractivity contribution is -0.134. The number of nitrogens with one attached hydrogen (secondary N) is 2. The van der Waals surface area contributed by atoms with Crippen molar-refractivity contribution in [3.8, 4) is 0 Å². The van der Waals surface area contributed by atoms with Crippen LogP contribution in [0.1, 0.15) is 109 Å². The van der Waals surface area contributed by atoms with Crippen molar-refractivity contribution < 1.29 is 19.2 Å². The van der Waals surface area contributed by atoms with Gasteiger partial charge in [-0.05, 0) is 33.6 Å². The first kappa shape index (κ1) is 30.4. The lowest BCUT2D eigenvalue weighted by Crippen LogP contribution is -2.51. The molecular weight excluding hydrogens is 404 g/mol. The predicted octanol–water partition coefficient (Wildman–Crippen LogP) is 4.63. The molecule has 2 atom stereocenters. The van der Waals surface area contributed by atoms with E-state index in [4.69, 9.17) is 0 Å². The normalized spacial score (nSPS) is 15.1. The highest BCUT2D eigenvalue weighted by atomic mass is 16.2. The zero-order valence-corrected chi connectivity index (χ0v) is 22.6. The number of rotatable bonds is 10. The Bertz CT molecular complexity index is 683. The molecule has 0 aromatic rings. The minimum atomic E-state index is -0.721. The van der Waals surface area contributed by atoms with E-state index in [0.29, 0.717) is 6.42 Å². The molecule has 0 aliphatic heterocycles. The quantitative estimate of drug-likeness (QED) is 0.504. The molecule has 0 aromatic heterocycles. The monoisotopic (exact) mass is 452 g/mol. The van der Waals surface area contributed by atoms with Gasteiger partial charge in [0.25, 0.3) is 0 Å². The number of carbonyl (C=O) groups excluding carboxylic acids is 4. The van der Waals surface area contributed by atoms with Crippen molar-refractivity contribution in [1.29, 1.82) is 0 Å². The Labute approximate surface area is 196 Å². The van der Waals surface area contributed by atoms with Gasteiger partial charge in [0.1, 0.15) is 5.78 Å². The molecule has 0 spiro atoms. The van der Waals surface area contributed by atoms with Crippen LogP contribution in [0.15, 0.2) is 0 Å². The van der Waals surface area contributed by atoms with Crippen LogP contribution in [-0.4, -0.2) is 40.9 Å². The lowest BCUT2D eigenvalue weighted by Gasteiger charge is -2.32. The minimum absolute atomic E-state index is 0.0540. The SMILES string of the molecule is CC(C)(C)NC(CCC(=O)NC(CCC(=O)C(C)(C)C)C(=O)C(C)(C)C)C(=O)C(C)(C)C. The summed E-state index contributed by atoms with van der Waals surface area (Å²) in [5, 5.41) is 6.18. The molecule has 1 amide bonds. The molecule has 32 heavy (non-hydrogen) atoms. The summed E-state index contributed by atoms with van der Waals surface area (Å²) >= 11 is 0. The zero-order valence-electron chi connectivity index (χ0n) is 22.6. The highest BCUT2D eigenvalue weighted by Gasteiger charge is 2.34. The van der Waals surface area contributed by atoms with Crippen molar-refractivity contribution in [2.45, 2.75) is 126 Å². The maximum atomic E-state index is 12.9. The average Bonchev–Trinajstić information content (AvgIpc) is 2.57. The number of carbonyl (C=O) groups is 4. The number of hydrogen-bond donors (Lipinski definition) is 2. The predicted molar refractivity (Wildman–Crippen MR) is 130 cm³/mol. The Morgan fingerprint density at radius 2 is 1.00 bits per heavy atom. The van der Waals surface area contributed by atoms with Crippen LogP contribution in [0.4, 0.5) is 0 Å². The van der Waals surface area contributed by atoms with Gasteiger partial charge in [-0.1, -0.05) is 62.3 Å². The second-order valence-electron chi connectivity index (χ2n) is 13.0. The van der Waals surface area contributed by atoms with Crippen molar-refractivity contribution in [1.82, 2.24) is 10.6 Å². The summed E-state index contributed by atoms with van der Waals surface area (Å²) in [6.45, 7) is 22.6. The standard InChI is InChI=1S/C26H48N2O4/c1-23(2,3)19(29)15-13-17(21(31)24(4,5)6)27-20(30)16-14-18(28-26(10,11)12)22(32)25(7,8)9/h17-18,28H,13-16H2,1-12H3,(H,27,30). The molecule has 0 aromatic carbocycles. The summed E-state index contributed by atoms with van der Waals surface area (Å²) in [7, 11) is 0. The lowest BCUT2D eigenvalue weighted by atomic mass is 9.82. The second-order valence-corrected chi connectivity index (χ2v) is 13.0. The Morgan fingerprint density at radius 3 is 1.38 bits per heavy atom. The molecule has 0 radical (unpaired) electrons. The topological polar surface area (TPSA) is 92.3 Å². The molecule has 2 N–H and O–H groups in total. The van der Waals surface area contributed by atoms with Crippen molar-refractivity contribution >= 4 is 23.3 Å². The van der Waals surface area contributed by atoms with E-state index in [0.717, 1.165) is 0 Å². The number of Topliss-reactive ketones (excluding diaryl/α,β-unsaturated/α-hetero) is 3. The van der Waals surface area contributed by atoms with Crippen molar-refractivity contribution in [3.63, 3.8) is 0 Å². The molecule has 2 unspecified atom stereocenters. The first-order valence-electron chi connectivity index (χ1n) is 11.7. The third-order valence-electron chi connectivity index (χ3n) is 5.21. The van der Waals surface area contributed by atoms with Gasteiger partial charge >= 0.3 is 0 Å². The van der Waals surface area contributed by atoms with Crippen LogP contribution in [0.25, 0.3) is 0 Å². The van der Waals surface area contributed by atoms with E-state index >= 15 is 0 Å². The van der Waals surface area contributed by atoms with Crippen LogP contribution >= 0.6 is 0 Å². The maximum absolute atomic E-state index is 12.9. The van der Waals surface area contributed by atoms with Gasteiger partial charge in [0.15, 0.2) is 11.6 Å². The highest BCUT2D eigenvalue weighted by molar-refractivity contribution is 5.93. The molecular formula is C26H48N2O4. The molecule has 0 heterocycles. The zero-order chi connectivity index (χ0) is 25.7. The Kier molecular flexibility index (Phi) is 10.5. The van der Waals surface area contributed by atoms with E-state index in [1.54, 1.807) is 0 Å². The van der Waals surface area contributed by atoms with Crippen LogP contribution in [0.5, 0.6) is 0 Å². The first-order chi connectivity index (χ1) is 14.1. The van der Waals surface area contributed by atoms with Crippen molar-refractivity contribution in [2.24, 2.45) is 16.2 Å². The highest BCUT2D eigenvalue weighted by Crippen LogP contribution is 2.23. The van der Waals surface area contributed by atoms with Gasteiger partial charge < -0.3 is 10.6 Å². The van der Waals surface area contributed by atoms with Crippen LogP contribution in [0, 0.1) is 16.2 Å². The Hall–Kier alpha value is -1.56. The smallest absolute Gasteiger partial charge is 0.220 e. The molecule has 0 saturated carbocycles. The van der Waals surface area contributed by atoms with Gasteiger partial charge in [-0.2, -0.15) is 0 Å². The van der Waals surface area contributed by atoms with Gasteiger partial charge in [-0.3, -0.25) is 19.2 Å². The van der Waals surface area contributed by atoms with E-state index in [-0.39, 0.29) is 48.1 Å². The van der Waals surface area contributed by atoms with Gasteiger partial charge in [0, 0.05) is 34.6 Å². The van der Waals surface area contributed by atoms with Gasteiger partial charge in [-0.25, -0.2) is 0 Å². The summed E-state index contributed by atoms with van der Waals surface area (Å²) in [6, 6.07) is -1.18. The summed E-state index contributed by atoms with van der Waals surface area (Å²) < 4.78 is 0. The van der Waals surface area contributed by atoms with Crippen molar-refractivity contribution in [3.05, 3.63) is 0 Å². The van der Waals surface area contributed by atoms with Crippen molar-refractivity contribution in [2.75, 3.05) is 0 Å². The molecule has 0 rings (SSSR count). The molecule has 6 nitrogen and oxygen atoms in total. The molecule has 6 heteroatoms. The largest absolute Gasteiger partial charge is 0.346 e. The van der Waals surface area contributed by atoms with Gasteiger partial charge in [0.2, 0.25) is 5.91 Å².